The number of carbonyl (C=O) groups excluding carboxylic acids is 1. The van der Waals surface area contributed by atoms with Gasteiger partial charge >= 0.3 is 0 Å². The highest BCUT2D eigenvalue weighted by atomic mass is 16.2. The van der Waals surface area contributed by atoms with Crippen LogP contribution in [0.5, 0.6) is 0 Å². The normalized spacial score (nSPS) is 20.5. The number of rotatable bonds is 2. The summed E-state index contributed by atoms with van der Waals surface area (Å²) >= 11 is 0. The Bertz CT molecular complexity index is 279. The van der Waals surface area contributed by atoms with E-state index in [0.717, 1.165) is 19.4 Å². The van der Waals surface area contributed by atoms with E-state index in [-0.39, 0.29) is 11.8 Å². The van der Waals surface area contributed by atoms with Gasteiger partial charge in [-0.2, -0.15) is 0 Å². The lowest BCUT2D eigenvalue weighted by molar-refractivity contribution is -0.129. The van der Waals surface area contributed by atoms with Crippen molar-refractivity contribution in [3.05, 3.63) is 12.0 Å². The molecule has 0 aromatic carbocycles. The number of nitrogens with zero attached hydrogens (tertiary/aromatic N) is 2. The van der Waals surface area contributed by atoms with Gasteiger partial charge in [0.25, 0.3) is 0 Å². The molecule has 1 aliphatic carbocycles. The third-order valence-corrected chi connectivity index (χ3v) is 2.26. The summed E-state index contributed by atoms with van der Waals surface area (Å²) < 4.78 is 0. The summed E-state index contributed by atoms with van der Waals surface area (Å²) in [4.78, 5) is 17.4. The van der Waals surface area contributed by atoms with Gasteiger partial charge in [0, 0.05) is 31.9 Å². The van der Waals surface area contributed by atoms with Gasteiger partial charge in [0.2, 0.25) is 5.91 Å². The highest BCUT2D eigenvalue weighted by Gasteiger charge is 2.33. The van der Waals surface area contributed by atoms with E-state index in [1.807, 2.05) is 0 Å². The fourth-order valence-electron chi connectivity index (χ4n) is 1.28. The van der Waals surface area contributed by atoms with E-state index in [9.17, 15) is 4.79 Å². The molecule has 0 bridgehead atoms. The lowest BCUT2D eigenvalue weighted by atomic mass is 10.3. The van der Waals surface area contributed by atoms with Crippen LogP contribution in [0, 0.1) is 5.92 Å². The number of amides is 1. The first kappa shape index (κ1) is 8.29. The molecule has 0 radical (unpaired) electrons. The summed E-state index contributed by atoms with van der Waals surface area (Å²) in [5.41, 5.74) is 0. The van der Waals surface area contributed by atoms with Gasteiger partial charge in [-0.25, -0.2) is 4.99 Å². The SMILES string of the molecule is CN(C(=O)C1CC1)C1=CNCC=N1. The van der Waals surface area contributed by atoms with Crippen molar-refractivity contribution in [1.29, 1.82) is 0 Å². The molecule has 0 spiro atoms. The molecule has 2 rings (SSSR count). The van der Waals surface area contributed by atoms with Crippen molar-refractivity contribution in [1.82, 2.24) is 10.2 Å². The van der Waals surface area contributed by atoms with Crippen molar-refractivity contribution in [2.24, 2.45) is 10.9 Å². The molecule has 70 valence electrons. The third kappa shape index (κ3) is 1.71. The van der Waals surface area contributed by atoms with Gasteiger partial charge in [0.05, 0.1) is 0 Å². The highest BCUT2D eigenvalue weighted by Crippen LogP contribution is 2.31. The lowest BCUT2D eigenvalue weighted by Gasteiger charge is -2.19. The molecular weight excluding hydrogens is 166 g/mol. The van der Waals surface area contributed by atoms with Crippen LogP contribution in [-0.2, 0) is 4.79 Å². The van der Waals surface area contributed by atoms with Crippen molar-refractivity contribution < 1.29 is 4.79 Å². The van der Waals surface area contributed by atoms with Gasteiger partial charge in [-0.05, 0) is 12.8 Å². The van der Waals surface area contributed by atoms with Crippen LogP contribution in [0.4, 0.5) is 0 Å². The molecule has 4 heteroatoms. The van der Waals surface area contributed by atoms with Gasteiger partial charge in [-0.1, -0.05) is 0 Å². The predicted octanol–water partition coefficient (Wildman–Crippen LogP) is 0.328. The molecule has 0 atom stereocenters. The van der Waals surface area contributed by atoms with Crippen molar-refractivity contribution >= 4 is 12.1 Å². The molecule has 1 heterocycles. The predicted molar refractivity (Wildman–Crippen MR) is 50.1 cm³/mol. The maximum Gasteiger partial charge on any atom is 0.231 e. The van der Waals surface area contributed by atoms with Crippen molar-refractivity contribution in [2.45, 2.75) is 12.8 Å². The molecule has 1 saturated carbocycles. The van der Waals surface area contributed by atoms with E-state index in [1.165, 1.54) is 0 Å². The second-order valence-electron chi connectivity index (χ2n) is 3.39. The Morgan fingerprint density at radius 2 is 2.46 bits per heavy atom. The minimum absolute atomic E-state index is 0.187. The van der Waals surface area contributed by atoms with Crippen molar-refractivity contribution in [3.8, 4) is 0 Å². The molecule has 4 nitrogen and oxygen atoms in total. The Labute approximate surface area is 77.3 Å². The largest absolute Gasteiger partial charge is 0.383 e. The van der Waals surface area contributed by atoms with Crippen LogP contribution < -0.4 is 5.32 Å². The monoisotopic (exact) mass is 179 g/mol. The fraction of sp³-hybridized carbons (Fsp3) is 0.556. The quantitative estimate of drug-likeness (QED) is 0.663. The minimum atomic E-state index is 0.187. The molecule has 13 heavy (non-hydrogen) atoms. The van der Waals surface area contributed by atoms with Gasteiger partial charge in [0.1, 0.15) is 5.82 Å². The average Bonchev–Trinajstić information content (AvgIpc) is 3.00. The molecule has 1 N–H and O–H groups in total. The Morgan fingerprint density at radius 1 is 1.69 bits per heavy atom. The lowest BCUT2D eigenvalue weighted by Crippen LogP contribution is -2.30. The summed E-state index contributed by atoms with van der Waals surface area (Å²) in [5, 5.41) is 3.02. The standard InChI is InChI=1S/C9H13N3O/c1-12(9(13)7-2-3-7)8-6-10-4-5-11-8/h5-7,10H,2-4H2,1H3. The Morgan fingerprint density at radius 3 is 3.00 bits per heavy atom. The first-order chi connectivity index (χ1) is 6.29. The zero-order valence-electron chi connectivity index (χ0n) is 7.66. The number of hydrogen-bond donors (Lipinski definition) is 1. The Kier molecular flexibility index (Phi) is 2.04. The number of hydrogen-bond acceptors (Lipinski definition) is 3. The van der Waals surface area contributed by atoms with Gasteiger partial charge in [-0.3, -0.25) is 9.69 Å². The van der Waals surface area contributed by atoms with E-state index >= 15 is 0 Å². The molecular formula is C9H13N3O. The van der Waals surface area contributed by atoms with Gasteiger partial charge in [-0.15, -0.1) is 0 Å². The zero-order valence-corrected chi connectivity index (χ0v) is 7.66. The van der Waals surface area contributed by atoms with Crippen molar-refractivity contribution in [2.75, 3.05) is 13.6 Å². The fourth-order valence-corrected chi connectivity index (χ4v) is 1.28. The summed E-state index contributed by atoms with van der Waals surface area (Å²) in [6.07, 6.45) is 5.62. The summed E-state index contributed by atoms with van der Waals surface area (Å²) in [7, 11) is 1.77. The molecule has 0 aromatic heterocycles. The maximum absolute atomic E-state index is 11.6. The van der Waals surface area contributed by atoms with Crippen LogP contribution in [0.3, 0.4) is 0 Å². The van der Waals surface area contributed by atoms with Crippen LogP contribution in [0.25, 0.3) is 0 Å². The molecule has 1 aliphatic heterocycles. The second-order valence-corrected chi connectivity index (χ2v) is 3.39. The zero-order chi connectivity index (χ0) is 9.26. The van der Waals surface area contributed by atoms with E-state index in [0.29, 0.717) is 5.82 Å². The average molecular weight is 179 g/mol. The van der Waals surface area contributed by atoms with Crippen LogP contribution in [-0.4, -0.2) is 30.6 Å². The third-order valence-electron chi connectivity index (χ3n) is 2.26. The highest BCUT2D eigenvalue weighted by molar-refractivity contribution is 5.82. The van der Waals surface area contributed by atoms with Crippen LogP contribution >= 0.6 is 0 Å². The smallest absolute Gasteiger partial charge is 0.231 e. The summed E-state index contributed by atoms with van der Waals surface area (Å²) in [6, 6.07) is 0. The minimum Gasteiger partial charge on any atom is -0.383 e. The first-order valence-corrected chi connectivity index (χ1v) is 4.52. The molecule has 1 amide bonds. The first-order valence-electron chi connectivity index (χ1n) is 4.52. The van der Waals surface area contributed by atoms with Gasteiger partial charge < -0.3 is 5.32 Å². The molecule has 0 unspecified atom stereocenters. The summed E-state index contributed by atoms with van der Waals surface area (Å²) in [5.74, 6) is 1.15. The Hall–Kier alpha value is -1.32. The van der Waals surface area contributed by atoms with Crippen LogP contribution in [0.2, 0.25) is 0 Å². The topological polar surface area (TPSA) is 44.7 Å². The van der Waals surface area contributed by atoms with E-state index in [4.69, 9.17) is 0 Å². The van der Waals surface area contributed by atoms with E-state index in [2.05, 4.69) is 10.3 Å². The van der Waals surface area contributed by atoms with Crippen molar-refractivity contribution in [3.63, 3.8) is 0 Å². The molecule has 0 saturated heterocycles. The van der Waals surface area contributed by atoms with E-state index in [1.54, 1.807) is 24.4 Å². The number of carbonyl (C=O) groups is 1. The van der Waals surface area contributed by atoms with E-state index < -0.39 is 0 Å². The molecule has 0 aromatic rings. The molecule has 1 fully saturated rings. The summed E-state index contributed by atoms with van der Waals surface area (Å²) in [6.45, 7) is 0.745. The Balaban J connectivity index is 2.02. The number of nitrogens with one attached hydrogen (secondary N) is 1. The second kappa shape index (κ2) is 3.20. The number of aliphatic imine (C=N–C) groups is 1. The maximum atomic E-state index is 11.6. The van der Waals surface area contributed by atoms with Gasteiger partial charge in [0.15, 0.2) is 0 Å². The molecule has 2 aliphatic rings. The van der Waals surface area contributed by atoms with Crippen LogP contribution in [0.15, 0.2) is 17.0 Å². The van der Waals surface area contributed by atoms with Crippen LogP contribution in [0.1, 0.15) is 12.8 Å².